The number of methoxy groups -OCH3 is 1. The molecular formula is C20H16Cl2N2O5S. The Hall–Kier alpha value is -2.81. The molecule has 0 spiro atoms. The van der Waals surface area contributed by atoms with Gasteiger partial charge in [-0.1, -0.05) is 47.5 Å². The average molecular weight is 467 g/mol. The quantitative estimate of drug-likeness (QED) is 0.531. The predicted octanol–water partition coefficient (Wildman–Crippen LogP) is 4.49. The van der Waals surface area contributed by atoms with Crippen molar-refractivity contribution in [2.75, 3.05) is 11.8 Å². The van der Waals surface area contributed by atoms with Gasteiger partial charge in [-0.05, 0) is 23.3 Å². The number of rotatable bonds is 7. The molecular weight excluding hydrogens is 451 g/mol. The minimum atomic E-state index is -4.03. The van der Waals surface area contributed by atoms with Crippen molar-refractivity contribution in [3.05, 3.63) is 70.5 Å². The molecule has 0 fully saturated rings. The first-order valence-electron chi connectivity index (χ1n) is 8.51. The Morgan fingerprint density at radius 2 is 1.83 bits per heavy atom. The first kappa shape index (κ1) is 21.9. The summed E-state index contributed by atoms with van der Waals surface area (Å²) >= 11 is 12.4. The zero-order valence-corrected chi connectivity index (χ0v) is 17.9. The smallest absolute Gasteiger partial charge is 0.307 e. The minimum Gasteiger partial charge on any atom is -0.495 e. The highest BCUT2D eigenvalue weighted by Gasteiger charge is 2.21. The van der Waals surface area contributed by atoms with E-state index in [0.29, 0.717) is 21.7 Å². The number of benzene rings is 2. The van der Waals surface area contributed by atoms with Crippen molar-refractivity contribution in [3.8, 4) is 16.9 Å². The number of hydrogen-bond acceptors (Lipinski definition) is 5. The third-order valence-corrected chi connectivity index (χ3v) is 5.98. The summed E-state index contributed by atoms with van der Waals surface area (Å²) in [6.07, 6.45) is 2.45. The van der Waals surface area contributed by atoms with Crippen LogP contribution in [-0.2, 0) is 21.2 Å². The van der Waals surface area contributed by atoms with Crippen molar-refractivity contribution >= 4 is 44.9 Å². The van der Waals surface area contributed by atoms with Gasteiger partial charge in [-0.3, -0.25) is 14.5 Å². The van der Waals surface area contributed by atoms with Crippen molar-refractivity contribution in [1.82, 2.24) is 4.98 Å². The molecule has 0 aliphatic heterocycles. The molecule has 3 rings (SSSR count). The first-order chi connectivity index (χ1) is 14.2. The summed E-state index contributed by atoms with van der Waals surface area (Å²) in [6.45, 7) is 0. The first-order valence-corrected chi connectivity index (χ1v) is 10.8. The molecule has 0 aliphatic carbocycles. The lowest BCUT2D eigenvalue weighted by Crippen LogP contribution is -2.14. The molecule has 0 saturated carbocycles. The van der Waals surface area contributed by atoms with Gasteiger partial charge in [0.05, 0.1) is 30.4 Å². The number of sulfonamides is 1. The van der Waals surface area contributed by atoms with Gasteiger partial charge < -0.3 is 9.84 Å². The summed E-state index contributed by atoms with van der Waals surface area (Å²) in [5, 5.41) is 9.34. The molecule has 0 bridgehead atoms. The van der Waals surface area contributed by atoms with Crippen molar-refractivity contribution < 1.29 is 23.1 Å². The van der Waals surface area contributed by atoms with Gasteiger partial charge in [0.15, 0.2) is 0 Å². The summed E-state index contributed by atoms with van der Waals surface area (Å²) in [6, 6.07) is 11.0. The van der Waals surface area contributed by atoms with Crippen LogP contribution in [0.5, 0.6) is 5.75 Å². The van der Waals surface area contributed by atoms with E-state index in [9.17, 15) is 13.2 Å². The van der Waals surface area contributed by atoms with E-state index < -0.39 is 16.0 Å². The molecule has 2 N–H and O–H groups in total. The second-order valence-electron chi connectivity index (χ2n) is 6.24. The molecule has 0 amide bonds. The fraction of sp³-hybridized carbons (Fsp3) is 0.100. The van der Waals surface area contributed by atoms with Crippen molar-refractivity contribution in [1.29, 1.82) is 0 Å². The van der Waals surface area contributed by atoms with E-state index in [1.807, 2.05) is 0 Å². The van der Waals surface area contributed by atoms with Crippen LogP contribution in [0.4, 0.5) is 5.69 Å². The Kier molecular flexibility index (Phi) is 6.50. The van der Waals surface area contributed by atoms with Crippen LogP contribution in [0.1, 0.15) is 5.56 Å². The van der Waals surface area contributed by atoms with Gasteiger partial charge in [-0.2, -0.15) is 0 Å². The van der Waals surface area contributed by atoms with Gasteiger partial charge in [0.2, 0.25) is 0 Å². The number of carboxylic acid groups (broad SMARTS) is 1. The molecule has 156 valence electrons. The lowest BCUT2D eigenvalue weighted by atomic mass is 10.0. The summed E-state index contributed by atoms with van der Waals surface area (Å²) in [5.41, 5.74) is 1.78. The van der Waals surface area contributed by atoms with Gasteiger partial charge in [0.1, 0.15) is 10.6 Å². The van der Waals surface area contributed by atoms with E-state index in [4.69, 9.17) is 33.0 Å². The van der Waals surface area contributed by atoms with Crippen LogP contribution >= 0.6 is 23.2 Å². The Bertz CT molecular complexity index is 1200. The highest BCUT2D eigenvalue weighted by atomic mass is 35.5. The van der Waals surface area contributed by atoms with E-state index in [1.54, 1.807) is 30.3 Å². The Balaban J connectivity index is 2.04. The van der Waals surface area contributed by atoms with Crippen LogP contribution in [0.2, 0.25) is 10.0 Å². The van der Waals surface area contributed by atoms with E-state index in [1.165, 1.54) is 31.6 Å². The normalized spacial score (nSPS) is 11.2. The number of aliphatic carboxylic acids is 1. The fourth-order valence-corrected chi connectivity index (χ4v) is 4.41. The van der Waals surface area contributed by atoms with Crippen LogP contribution < -0.4 is 9.46 Å². The minimum absolute atomic E-state index is 0.101. The highest BCUT2D eigenvalue weighted by Crippen LogP contribution is 2.38. The number of carboxylic acids is 1. The number of pyridine rings is 1. The van der Waals surface area contributed by atoms with Gasteiger partial charge >= 0.3 is 5.97 Å². The molecule has 0 aliphatic rings. The molecule has 2 aromatic carbocycles. The largest absolute Gasteiger partial charge is 0.495 e. The topological polar surface area (TPSA) is 106 Å². The SMILES string of the molecule is COc1cncc(S(=O)(=O)Nc2c(Cl)cc(Cl)cc2-c2ccc(CC(=O)O)cc2)c1. The molecule has 3 aromatic rings. The lowest BCUT2D eigenvalue weighted by molar-refractivity contribution is -0.136. The molecule has 1 heterocycles. The number of anilines is 1. The summed E-state index contributed by atoms with van der Waals surface area (Å²) in [5.74, 6) is -0.664. The predicted molar refractivity (Wildman–Crippen MR) is 115 cm³/mol. The number of halogens is 2. The Morgan fingerprint density at radius 1 is 1.13 bits per heavy atom. The molecule has 30 heavy (non-hydrogen) atoms. The molecule has 10 heteroatoms. The maximum absolute atomic E-state index is 12.9. The van der Waals surface area contributed by atoms with Gasteiger partial charge in [0, 0.05) is 22.8 Å². The zero-order chi connectivity index (χ0) is 21.9. The van der Waals surface area contributed by atoms with Crippen LogP contribution in [0.3, 0.4) is 0 Å². The summed E-state index contributed by atoms with van der Waals surface area (Å²) < 4.78 is 33.3. The van der Waals surface area contributed by atoms with Crippen LogP contribution in [0.15, 0.2) is 59.8 Å². The Labute approximate surface area is 183 Å². The molecule has 1 aromatic heterocycles. The maximum atomic E-state index is 12.9. The van der Waals surface area contributed by atoms with Crippen LogP contribution in [-0.4, -0.2) is 31.6 Å². The number of aromatic nitrogens is 1. The van der Waals surface area contributed by atoms with Crippen molar-refractivity contribution in [2.24, 2.45) is 0 Å². The van der Waals surface area contributed by atoms with Crippen molar-refractivity contribution in [2.45, 2.75) is 11.3 Å². The van der Waals surface area contributed by atoms with Gasteiger partial charge in [-0.25, -0.2) is 8.42 Å². The summed E-state index contributed by atoms with van der Waals surface area (Å²) in [4.78, 5) is 14.6. The molecule has 0 atom stereocenters. The van der Waals surface area contributed by atoms with Gasteiger partial charge in [-0.15, -0.1) is 0 Å². The maximum Gasteiger partial charge on any atom is 0.307 e. The number of ether oxygens (including phenoxy) is 1. The lowest BCUT2D eigenvalue weighted by Gasteiger charge is -2.16. The molecule has 0 saturated heterocycles. The standard InChI is InChI=1S/C20H16Cl2N2O5S/c1-29-15-9-16(11-23-10-15)30(27,28)24-20-17(7-14(21)8-18(20)22)13-4-2-12(3-5-13)6-19(25)26/h2-5,7-11,24H,6H2,1H3,(H,25,26). The number of carbonyl (C=O) groups is 1. The monoisotopic (exact) mass is 466 g/mol. The number of nitrogens with zero attached hydrogens (tertiary/aromatic N) is 1. The molecule has 0 radical (unpaired) electrons. The van der Waals surface area contributed by atoms with Crippen LogP contribution in [0.25, 0.3) is 11.1 Å². The van der Waals surface area contributed by atoms with Crippen molar-refractivity contribution in [3.63, 3.8) is 0 Å². The van der Waals surface area contributed by atoms with E-state index in [-0.39, 0.29) is 27.8 Å². The Morgan fingerprint density at radius 3 is 2.47 bits per heavy atom. The fourth-order valence-electron chi connectivity index (χ4n) is 2.73. The van der Waals surface area contributed by atoms with Crippen LogP contribution in [0, 0.1) is 0 Å². The number of nitrogens with one attached hydrogen (secondary N) is 1. The van der Waals surface area contributed by atoms with E-state index in [0.717, 1.165) is 0 Å². The highest BCUT2D eigenvalue weighted by molar-refractivity contribution is 7.92. The third kappa shape index (κ3) is 5.02. The third-order valence-electron chi connectivity index (χ3n) is 4.15. The molecule has 0 unspecified atom stereocenters. The molecule has 7 nitrogen and oxygen atoms in total. The number of hydrogen-bond donors (Lipinski definition) is 2. The van der Waals surface area contributed by atoms with Gasteiger partial charge in [0.25, 0.3) is 10.0 Å². The summed E-state index contributed by atoms with van der Waals surface area (Å²) in [7, 11) is -2.63. The van der Waals surface area contributed by atoms with E-state index in [2.05, 4.69) is 9.71 Å². The second-order valence-corrected chi connectivity index (χ2v) is 8.77. The van der Waals surface area contributed by atoms with E-state index >= 15 is 0 Å². The average Bonchev–Trinajstić information content (AvgIpc) is 2.70. The second kappa shape index (κ2) is 8.91. The zero-order valence-electron chi connectivity index (χ0n) is 15.6.